The van der Waals surface area contributed by atoms with E-state index in [1.807, 2.05) is 0 Å². The minimum absolute atomic E-state index is 0.947. The predicted octanol–water partition coefficient (Wildman–Crippen LogP) is 1.65. The minimum atomic E-state index is -5.62. The van der Waals surface area contributed by atoms with Gasteiger partial charge in [0.15, 0.2) is 0 Å². The summed E-state index contributed by atoms with van der Waals surface area (Å²) in [5.41, 5.74) is -1.82. The van der Waals surface area contributed by atoms with Crippen molar-refractivity contribution < 1.29 is 40.6 Å². The number of carbonyl (C=O) groups excluding carboxylic acids is 1. The molecule has 0 fully saturated rings. The molecule has 1 atom stereocenters. The van der Waals surface area contributed by atoms with Crippen molar-refractivity contribution in [2.45, 2.75) is 30.9 Å². The number of hydrogen-bond acceptors (Lipinski definition) is 4. The molecule has 0 spiro atoms. The molecule has 0 aliphatic heterocycles. The highest BCUT2D eigenvalue weighted by molar-refractivity contribution is 5.80. The highest BCUT2D eigenvalue weighted by Crippen LogP contribution is 2.36. The molecule has 0 radical (unpaired) electrons. The van der Waals surface area contributed by atoms with E-state index in [1.54, 1.807) is 0 Å². The third-order valence-corrected chi connectivity index (χ3v) is 2.32. The number of likely N-dealkylation sites (N-methyl/N-ethyl adjacent to an activating group) is 1. The Bertz CT molecular complexity index is 302. The molecule has 0 saturated carbocycles. The fourth-order valence-electron chi connectivity index (χ4n) is 1.08. The Balaban J connectivity index is 4.96. The Morgan fingerprint density at radius 3 is 1.84 bits per heavy atom. The number of halogens is 6. The highest BCUT2D eigenvalue weighted by Gasteiger charge is 2.58. The zero-order valence-electron chi connectivity index (χ0n) is 10.3. The molecule has 0 heterocycles. The summed E-state index contributed by atoms with van der Waals surface area (Å²) < 4.78 is 81.3. The van der Waals surface area contributed by atoms with Gasteiger partial charge < -0.3 is 14.8 Å². The maximum atomic E-state index is 12.2. The molecule has 10 heteroatoms. The van der Waals surface area contributed by atoms with E-state index in [0.29, 0.717) is 0 Å². The molecule has 19 heavy (non-hydrogen) atoms. The molecule has 0 aromatic rings. The predicted molar refractivity (Wildman–Crippen MR) is 51.3 cm³/mol. The van der Waals surface area contributed by atoms with Crippen LogP contribution in [0.4, 0.5) is 26.3 Å². The molecule has 1 unspecified atom stereocenters. The summed E-state index contributed by atoms with van der Waals surface area (Å²) in [6.07, 6.45) is -15.2. The Hall–Kier alpha value is -1.03. The first kappa shape index (κ1) is 18.0. The van der Waals surface area contributed by atoms with Gasteiger partial charge in [-0.3, -0.25) is 0 Å². The number of esters is 1. The number of carbonyl (C=O) groups is 1. The number of nitrogens with one attached hydrogen (secondary N) is 1. The van der Waals surface area contributed by atoms with Crippen molar-refractivity contribution >= 4 is 5.97 Å². The zero-order valence-corrected chi connectivity index (χ0v) is 10.3. The molecule has 0 bridgehead atoms. The summed E-state index contributed by atoms with van der Waals surface area (Å²) in [4.78, 5) is 11.2. The summed E-state index contributed by atoms with van der Waals surface area (Å²) in [7, 11) is 2.12. The first-order valence-corrected chi connectivity index (χ1v) is 4.91. The van der Waals surface area contributed by atoms with Crippen LogP contribution in [0.1, 0.15) is 6.92 Å². The van der Waals surface area contributed by atoms with Crippen molar-refractivity contribution in [2.75, 3.05) is 20.8 Å². The van der Waals surface area contributed by atoms with E-state index >= 15 is 0 Å². The molecule has 1 N–H and O–H groups in total. The summed E-state index contributed by atoms with van der Waals surface area (Å²) >= 11 is 0. The topological polar surface area (TPSA) is 47.6 Å². The van der Waals surface area contributed by atoms with Crippen LogP contribution in [0.5, 0.6) is 0 Å². The van der Waals surface area contributed by atoms with Gasteiger partial charge in [-0.05, 0) is 14.0 Å². The molecule has 0 aromatic carbocycles. The summed E-state index contributed by atoms with van der Waals surface area (Å²) in [5, 5.41) is 2.25. The Morgan fingerprint density at radius 1 is 1.16 bits per heavy atom. The first-order valence-electron chi connectivity index (χ1n) is 4.91. The molecule has 0 rings (SSSR count). The molecular weight excluding hydrogens is 284 g/mol. The van der Waals surface area contributed by atoms with E-state index < -0.39 is 36.6 Å². The Labute approximate surface area is 105 Å². The average molecular weight is 297 g/mol. The first-order chi connectivity index (χ1) is 8.38. The van der Waals surface area contributed by atoms with E-state index in [-0.39, 0.29) is 0 Å². The molecule has 0 aliphatic carbocycles. The molecule has 4 nitrogen and oxygen atoms in total. The normalized spacial score (nSPS) is 16.3. The van der Waals surface area contributed by atoms with Crippen molar-refractivity contribution in [3.63, 3.8) is 0 Å². The summed E-state index contributed by atoms with van der Waals surface area (Å²) in [6.45, 7) is -0.0947. The number of ether oxygens (including phenoxy) is 2. The quantitative estimate of drug-likeness (QED) is 0.619. The van der Waals surface area contributed by atoms with Gasteiger partial charge in [0.05, 0.1) is 13.7 Å². The van der Waals surface area contributed by atoms with Crippen LogP contribution in [0.3, 0.4) is 0 Å². The lowest BCUT2D eigenvalue weighted by molar-refractivity contribution is -0.324. The minimum Gasteiger partial charge on any atom is -0.468 e. The number of methoxy groups -OCH3 is 1. The van der Waals surface area contributed by atoms with Gasteiger partial charge in [-0.15, -0.1) is 0 Å². The van der Waals surface area contributed by atoms with Gasteiger partial charge in [-0.2, -0.15) is 26.3 Å². The summed E-state index contributed by atoms with van der Waals surface area (Å²) in [5.74, 6) is -1.04. The standard InChI is InChI=1S/C9H13F6NO3/c1-7(16-2,6(17)18-3)4-19-5(8(10,11)12)9(13,14)15/h5,16H,4H2,1-3H3. The van der Waals surface area contributed by atoms with Crippen LogP contribution in [0.2, 0.25) is 0 Å². The van der Waals surface area contributed by atoms with Crippen LogP contribution in [-0.2, 0) is 14.3 Å². The fourth-order valence-corrected chi connectivity index (χ4v) is 1.08. The van der Waals surface area contributed by atoms with E-state index in [9.17, 15) is 31.1 Å². The number of alkyl halides is 6. The van der Waals surface area contributed by atoms with E-state index in [1.165, 1.54) is 7.05 Å². The average Bonchev–Trinajstić information content (AvgIpc) is 2.24. The number of hydrogen-bond donors (Lipinski definition) is 1. The lowest BCUT2D eigenvalue weighted by Gasteiger charge is -2.30. The van der Waals surface area contributed by atoms with Gasteiger partial charge in [0.2, 0.25) is 6.10 Å². The Morgan fingerprint density at radius 2 is 1.58 bits per heavy atom. The fraction of sp³-hybridized carbons (Fsp3) is 0.889. The van der Waals surface area contributed by atoms with Crippen LogP contribution in [0.15, 0.2) is 0 Å². The second-order valence-electron chi connectivity index (χ2n) is 3.85. The maximum Gasteiger partial charge on any atom is 0.423 e. The van der Waals surface area contributed by atoms with Crippen LogP contribution >= 0.6 is 0 Å². The van der Waals surface area contributed by atoms with Gasteiger partial charge in [-0.1, -0.05) is 0 Å². The molecule has 114 valence electrons. The van der Waals surface area contributed by atoms with Crippen LogP contribution in [0.25, 0.3) is 0 Å². The van der Waals surface area contributed by atoms with E-state index in [4.69, 9.17) is 0 Å². The third kappa shape index (κ3) is 4.86. The van der Waals surface area contributed by atoms with Gasteiger partial charge in [0.1, 0.15) is 5.54 Å². The second-order valence-corrected chi connectivity index (χ2v) is 3.85. The molecular formula is C9H13F6NO3. The zero-order chi connectivity index (χ0) is 15.5. The third-order valence-electron chi connectivity index (χ3n) is 2.32. The van der Waals surface area contributed by atoms with Crippen LogP contribution < -0.4 is 5.32 Å². The van der Waals surface area contributed by atoms with E-state index in [2.05, 4.69) is 14.8 Å². The molecule has 0 saturated heterocycles. The molecule has 0 aromatic heterocycles. The largest absolute Gasteiger partial charge is 0.468 e. The lowest BCUT2D eigenvalue weighted by Crippen LogP contribution is -2.55. The molecule has 0 aliphatic rings. The highest BCUT2D eigenvalue weighted by atomic mass is 19.4. The van der Waals surface area contributed by atoms with Crippen LogP contribution in [0, 0.1) is 0 Å². The van der Waals surface area contributed by atoms with Crippen LogP contribution in [-0.4, -0.2) is 50.7 Å². The lowest BCUT2D eigenvalue weighted by atomic mass is 10.0. The summed E-state index contributed by atoms with van der Waals surface area (Å²) in [6, 6.07) is 0. The smallest absolute Gasteiger partial charge is 0.423 e. The van der Waals surface area contributed by atoms with Gasteiger partial charge in [0, 0.05) is 0 Å². The van der Waals surface area contributed by atoms with Gasteiger partial charge >= 0.3 is 18.3 Å². The van der Waals surface area contributed by atoms with Crippen molar-refractivity contribution in [1.82, 2.24) is 5.32 Å². The van der Waals surface area contributed by atoms with Crippen molar-refractivity contribution in [2.24, 2.45) is 0 Å². The van der Waals surface area contributed by atoms with E-state index in [0.717, 1.165) is 14.0 Å². The van der Waals surface area contributed by atoms with Crippen molar-refractivity contribution in [1.29, 1.82) is 0 Å². The van der Waals surface area contributed by atoms with Crippen molar-refractivity contribution in [3.05, 3.63) is 0 Å². The SMILES string of the molecule is CNC(C)(COC(C(F)(F)F)C(F)(F)F)C(=O)OC. The van der Waals surface area contributed by atoms with Gasteiger partial charge in [0.25, 0.3) is 0 Å². The van der Waals surface area contributed by atoms with Crippen molar-refractivity contribution in [3.8, 4) is 0 Å². The molecule has 0 amide bonds. The monoisotopic (exact) mass is 297 g/mol. The second kappa shape index (κ2) is 5.95. The Kier molecular flexibility index (Phi) is 5.63. The van der Waals surface area contributed by atoms with Gasteiger partial charge in [-0.25, -0.2) is 4.79 Å². The maximum absolute atomic E-state index is 12.2. The number of rotatable bonds is 5.